The van der Waals surface area contributed by atoms with E-state index in [0.29, 0.717) is 18.4 Å². The number of anilines is 1. The van der Waals surface area contributed by atoms with Crippen LogP contribution in [-0.2, 0) is 6.54 Å². The second kappa shape index (κ2) is 6.92. The fraction of sp³-hybridized carbons (Fsp3) is 0.529. The van der Waals surface area contributed by atoms with Crippen molar-refractivity contribution in [2.75, 3.05) is 11.5 Å². The first-order chi connectivity index (χ1) is 10.8. The van der Waals surface area contributed by atoms with E-state index >= 15 is 0 Å². The number of nitrogens with zero attached hydrogens (tertiary/aromatic N) is 3. The lowest BCUT2D eigenvalue weighted by atomic mass is 9.85. The molecular formula is C17H23N3O2. The third-order valence-corrected chi connectivity index (χ3v) is 4.45. The summed E-state index contributed by atoms with van der Waals surface area (Å²) in [6.07, 6.45) is 4.41. The van der Waals surface area contributed by atoms with E-state index in [1.54, 1.807) is 0 Å². The van der Waals surface area contributed by atoms with Gasteiger partial charge in [-0.05, 0) is 31.4 Å². The number of rotatable bonds is 7. The van der Waals surface area contributed by atoms with Gasteiger partial charge in [-0.25, -0.2) is 0 Å². The number of para-hydroxylation sites is 1. The van der Waals surface area contributed by atoms with E-state index in [1.165, 1.54) is 6.42 Å². The minimum Gasteiger partial charge on any atom is -0.423 e. The van der Waals surface area contributed by atoms with Crippen molar-refractivity contribution >= 4 is 5.69 Å². The highest BCUT2D eigenvalue weighted by Gasteiger charge is 2.26. The maximum atomic E-state index is 9.67. The molecule has 1 N–H and O–H groups in total. The Balaban J connectivity index is 1.78. The number of hydrogen-bond acceptors (Lipinski definition) is 5. The number of hydrogen-bond donors (Lipinski definition) is 1. The lowest BCUT2D eigenvalue weighted by Crippen LogP contribution is -2.37. The van der Waals surface area contributed by atoms with Crippen LogP contribution in [0, 0.1) is 0 Å². The molecule has 3 rings (SSSR count). The van der Waals surface area contributed by atoms with E-state index in [1.807, 2.05) is 30.3 Å². The van der Waals surface area contributed by atoms with E-state index < -0.39 is 0 Å². The quantitative estimate of drug-likeness (QED) is 0.851. The van der Waals surface area contributed by atoms with Crippen LogP contribution < -0.4 is 4.90 Å². The van der Waals surface area contributed by atoms with Crippen LogP contribution in [0.5, 0.6) is 0 Å². The van der Waals surface area contributed by atoms with Gasteiger partial charge in [0.15, 0.2) is 0 Å². The maximum Gasteiger partial charge on any atom is 0.235 e. The van der Waals surface area contributed by atoms with E-state index in [9.17, 15) is 5.11 Å². The molecule has 1 saturated carbocycles. The molecule has 1 unspecified atom stereocenters. The van der Waals surface area contributed by atoms with Crippen molar-refractivity contribution in [3.63, 3.8) is 0 Å². The zero-order valence-corrected chi connectivity index (χ0v) is 13.0. The monoisotopic (exact) mass is 301 g/mol. The van der Waals surface area contributed by atoms with Crippen LogP contribution in [0.25, 0.3) is 0 Å². The Morgan fingerprint density at radius 3 is 2.64 bits per heavy atom. The molecule has 0 saturated heterocycles. The first-order valence-electron chi connectivity index (χ1n) is 8.06. The van der Waals surface area contributed by atoms with Crippen LogP contribution in [0.4, 0.5) is 5.69 Å². The van der Waals surface area contributed by atoms with Gasteiger partial charge in [-0.1, -0.05) is 31.5 Å². The number of benzene rings is 1. The standard InChI is InChI=1S/C17H23N3O2/c1-2-14(12-21)20(15-9-4-3-5-10-15)11-16-18-19-17(22-16)13-7-6-8-13/h3-5,9-10,13-14,21H,2,6-8,11-12H2,1H3. The van der Waals surface area contributed by atoms with E-state index in [0.717, 1.165) is 30.8 Å². The van der Waals surface area contributed by atoms with E-state index in [-0.39, 0.29) is 12.6 Å². The van der Waals surface area contributed by atoms with Crippen molar-refractivity contribution in [1.82, 2.24) is 10.2 Å². The van der Waals surface area contributed by atoms with Gasteiger partial charge in [0.2, 0.25) is 11.8 Å². The Morgan fingerprint density at radius 2 is 2.05 bits per heavy atom. The Bertz CT molecular complexity index is 577. The molecule has 1 aliphatic carbocycles. The van der Waals surface area contributed by atoms with Gasteiger partial charge in [0.05, 0.1) is 19.2 Å². The predicted molar refractivity (Wildman–Crippen MR) is 84.7 cm³/mol. The zero-order valence-electron chi connectivity index (χ0n) is 13.0. The average molecular weight is 301 g/mol. The molecule has 5 heteroatoms. The summed E-state index contributed by atoms with van der Waals surface area (Å²) < 4.78 is 5.83. The Kier molecular flexibility index (Phi) is 4.73. The maximum absolute atomic E-state index is 9.67. The summed E-state index contributed by atoms with van der Waals surface area (Å²) in [7, 11) is 0. The highest BCUT2D eigenvalue weighted by Crippen LogP contribution is 2.35. The highest BCUT2D eigenvalue weighted by atomic mass is 16.4. The first kappa shape index (κ1) is 15.0. The summed E-state index contributed by atoms with van der Waals surface area (Å²) in [6.45, 7) is 2.71. The van der Waals surface area contributed by atoms with Gasteiger partial charge < -0.3 is 14.4 Å². The molecule has 2 aromatic rings. The van der Waals surface area contributed by atoms with Crippen LogP contribution in [0.1, 0.15) is 50.3 Å². The second-order valence-corrected chi connectivity index (χ2v) is 5.87. The van der Waals surface area contributed by atoms with Crippen molar-refractivity contribution in [2.24, 2.45) is 0 Å². The molecule has 0 amide bonds. The molecular weight excluding hydrogens is 278 g/mol. The lowest BCUT2D eigenvalue weighted by Gasteiger charge is -2.30. The van der Waals surface area contributed by atoms with Crippen LogP contribution in [-0.4, -0.2) is 28.0 Å². The smallest absolute Gasteiger partial charge is 0.235 e. The molecule has 1 heterocycles. The van der Waals surface area contributed by atoms with Gasteiger partial charge in [0, 0.05) is 11.6 Å². The normalized spacial score (nSPS) is 16.3. The van der Waals surface area contributed by atoms with Gasteiger partial charge >= 0.3 is 0 Å². The van der Waals surface area contributed by atoms with Gasteiger partial charge in [0.1, 0.15) is 0 Å². The molecule has 1 aliphatic rings. The predicted octanol–water partition coefficient (Wildman–Crippen LogP) is 3.11. The minimum atomic E-state index is 0.0430. The Morgan fingerprint density at radius 1 is 1.27 bits per heavy atom. The van der Waals surface area contributed by atoms with Crippen molar-refractivity contribution < 1.29 is 9.52 Å². The van der Waals surface area contributed by atoms with Gasteiger partial charge in [-0.3, -0.25) is 0 Å². The van der Waals surface area contributed by atoms with Crippen molar-refractivity contribution in [3.05, 3.63) is 42.1 Å². The number of aliphatic hydroxyl groups is 1. The van der Waals surface area contributed by atoms with Crippen LogP contribution in [0.3, 0.4) is 0 Å². The lowest BCUT2D eigenvalue weighted by molar-refractivity contribution is 0.251. The molecule has 0 spiro atoms. The molecule has 118 valence electrons. The molecule has 1 aromatic heterocycles. The second-order valence-electron chi connectivity index (χ2n) is 5.87. The summed E-state index contributed by atoms with van der Waals surface area (Å²) in [4.78, 5) is 2.14. The van der Waals surface area contributed by atoms with E-state index in [2.05, 4.69) is 22.0 Å². The molecule has 5 nitrogen and oxygen atoms in total. The topological polar surface area (TPSA) is 62.4 Å². The number of aromatic nitrogens is 2. The van der Waals surface area contributed by atoms with Gasteiger partial charge in [-0.15, -0.1) is 10.2 Å². The summed E-state index contributed by atoms with van der Waals surface area (Å²) in [6, 6.07) is 10.1. The van der Waals surface area contributed by atoms with Crippen molar-refractivity contribution in [2.45, 2.75) is 51.1 Å². The molecule has 0 bridgehead atoms. The van der Waals surface area contributed by atoms with E-state index in [4.69, 9.17) is 4.42 Å². The average Bonchev–Trinajstić information content (AvgIpc) is 2.94. The summed E-state index contributed by atoms with van der Waals surface area (Å²) in [5.74, 6) is 1.84. The van der Waals surface area contributed by atoms with Crippen molar-refractivity contribution in [3.8, 4) is 0 Å². The van der Waals surface area contributed by atoms with Gasteiger partial charge in [-0.2, -0.15) is 0 Å². The third-order valence-electron chi connectivity index (χ3n) is 4.45. The van der Waals surface area contributed by atoms with Crippen LogP contribution >= 0.6 is 0 Å². The molecule has 1 fully saturated rings. The molecule has 0 aliphatic heterocycles. The molecule has 0 radical (unpaired) electrons. The fourth-order valence-electron chi connectivity index (χ4n) is 2.80. The zero-order chi connectivity index (χ0) is 15.4. The minimum absolute atomic E-state index is 0.0430. The molecule has 1 aromatic carbocycles. The SMILES string of the molecule is CCC(CO)N(Cc1nnc(C2CCC2)o1)c1ccccc1. The molecule has 22 heavy (non-hydrogen) atoms. The summed E-state index contributed by atoms with van der Waals surface area (Å²) >= 11 is 0. The van der Waals surface area contributed by atoms with Crippen molar-refractivity contribution in [1.29, 1.82) is 0 Å². The van der Waals surface area contributed by atoms with Gasteiger partial charge in [0.25, 0.3) is 0 Å². The summed E-state index contributed by atoms with van der Waals surface area (Å²) in [5.41, 5.74) is 1.06. The Hall–Kier alpha value is -1.88. The number of aliphatic hydroxyl groups excluding tert-OH is 1. The van der Waals surface area contributed by atoms with Crippen LogP contribution in [0.15, 0.2) is 34.7 Å². The molecule has 1 atom stereocenters. The highest BCUT2D eigenvalue weighted by molar-refractivity contribution is 5.47. The largest absolute Gasteiger partial charge is 0.423 e. The Labute approximate surface area is 131 Å². The summed E-state index contributed by atoms with van der Waals surface area (Å²) in [5, 5.41) is 18.1. The fourth-order valence-corrected chi connectivity index (χ4v) is 2.80. The van der Waals surface area contributed by atoms with Crippen LogP contribution in [0.2, 0.25) is 0 Å². The third kappa shape index (κ3) is 3.14. The first-order valence-corrected chi connectivity index (χ1v) is 8.06.